The van der Waals surface area contributed by atoms with Crippen molar-refractivity contribution in [2.24, 2.45) is 0 Å². The van der Waals surface area contributed by atoms with Gasteiger partial charge in [-0.3, -0.25) is 0 Å². The highest BCUT2D eigenvalue weighted by atomic mass is 35.5. The fourth-order valence-electron chi connectivity index (χ4n) is 1.36. The fraction of sp³-hybridized carbons (Fsp3) is 0.0833. The molecular weight excluding hydrogens is 283 g/mol. The Hall–Kier alpha value is -1.95. The SMILES string of the molecule is Oc1cc(C(F)(F)F)cc(Cl)c1Oc1ccccn1. The average molecular weight is 290 g/mol. The minimum absolute atomic E-state index is 0.111. The molecule has 100 valence electrons. The summed E-state index contributed by atoms with van der Waals surface area (Å²) in [5, 5.41) is 9.21. The molecule has 2 rings (SSSR count). The van der Waals surface area contributed by atoms with E-state index < -0.39 is 17.5 Å². The number of hydrogen-bond donors (Lipinski definition) is 1. The van der Waals surface area contributed by atoms with Crippen LogP contribution in [0.5, 0.6) is 17.4 Å². The van der Waals surface area contributed by atoms with E-state index in [2.05, 4.69) is 4.98 Å². The van der Waals surface area contributed by atoms with Crippen LogP contribution in [0.15, 0.2) is 36.5 Å². The Bertz CT molecular complexity index is 564. The minimum atomic E-state index is -4.59. The second-order valence-electron chi connectivity index (χ2n) is 3.57. The van der Waals surface area contributed by atoms with Gasteiger partial charge in [-0.2, -0.15) is 13.2 Å². The Labute approximate surface area is 111 Å². The summed E-state index contributed by atoms with van der Waals surface area (Å²) in [6.45, 7) is 0. The number of rotatable bonds is 2. The number of hydrogen-bond acceptors (Lipinski definition) is 3. The van der Waals surface area contributed by atoms with Gasteiger partial charge in [-0.25, -0.2) is 4.98 Å². The summed E-state index contributed by atoms with van der Waals surface area (Å²) in [5.41, 5.74) is -1.05. The largest absolute Gasteiger partial charge is 0.504 e. The van der Waals surface area contributed by atoms with E-state index in [1.807, 2.05) is 0 Å². The van der Waals surface area contributed by atoms with Crippen molar-refractivity contribution in [2.75, 3.05) is 0 Å². The molecule has 1 aromatic carbocycles. The van der Waals surface area contributed by atoms with Gasteiger partial charge in [0.25, 0.3) is 0 Å². The molecule has 7 heteroatoms. The number of phenolic OH excluding ortho intramolecular Hbond substituents is 1. The zero-order valence-electron chi connectivity index (χ0n) is 9.28. The monoisotopic (exact) mass is 289 g/mol. The maximum Gasteiger partial charge on any atom is 0.416 e. The molecule has 0 unspecified atom stereocenters. The molecule has 19 heavy (non-hydrogen) atoms. The number of aromatic hydroxyl groups is 1. The van der Waals surface area contributed by atoms with Crippen molar-refractivity contribution in [3.05, 3.63) is 47.1 Å². The Morgan fingerprint density at radius 1 is 1.21 bits per heavy atom. The highest BCUT2D eigenvalue weighted by Crippen LogP contribution is 2.42. The minimum Gasteiger partial charge on any atom is -0.504 e. The van der Waals surface area contributed by atoms with E-state index in [1.54, 1.807) is 12.1 Å². The summed E-state index contributed by atoms with van der Waals surface area (Å²) in [7, 11) is 0. The van der Waals surface area contributed by atoms with E-state index >= 15 is 0 Å². The number of halogens is 4. The van der Waals surface area contributed by atoms with E-state index in [0.29, 0.717) is 12.1 Å². The Kier molecular flexibility index (Phi) is 3.53. The van der Waals surface area contributed by atoms with Gasteiger partial charge in [-0.1, -0.05) is 17.7 Å². The lowest BCUT2D eigenvalue weighted by Crippen LogP contribution is -2.05. The van der Waals surface area contributed by atoms with Crippen LogP contribution >= 0.6 is 11.6 Å². The van der Waals surface area contributed by atoms with Gasteiger partial charge in [0.05, 0.1) is 10.6 Å². The van der Waals surface area contributed by atoms with Crippen molar-refractivity contribution in [3.8, 4) is 17.4 Å². The van der Waals surface area contributed by atoms with Gasteiger partial charge >= 0.3 is 6.18 Å². The fourth-order valence-corrected chi connectivity index (χ4v) is 1.61. The van der Waals surface area contributed by atoms with Crippen LogP contribution < -0.4 is 4.74 Å². The van der Waals surface area contributed by atoms with Crippen molar-refractivity contribution in [3.63, 3.8) is 0 Å². The van der Waals surface area contributed by atoms with E-state index in [0.717, 1.165) is 0 Å². The molecule has 0 spiro atoms. The molecule has 0 bridgehead atoms. The first kappa shape index (κ1) is 13.5. The predicted molar refractivity (Wildman–Crippen MR) is 62.4 cm³/mol. The van der Waals surface area contributed by atoms with Crippen LogP contribution in [0.4, 0.5) is 13.2 Å². The zero-order chi connectivity index (χ0) is 14.0. The molecule has 2 aromatic rings. The van der Waals surface area contributed by atoms with Crippen LogP contribution in [0.3, 0.4) is 0 Å². The molecule has 0 aliphatic carbocycles. The molecule has 0 fully saturated rings. The molecule has 0 aliphatic heterocycles. The van der Waals surface area contributed by atoms with Gasteiger partial charge in [-0.15, -0.1) is 0 Å². The second kappa shape index (κ2) is 4.97. The van der Waals surface area contributed by atoms with Gasteiger partial charge in [0.2, 0.25) is 5.88 Å². The summed E-state index contributed by atoms with van der Waals surface area (Å²) in [6, 6.07) is 5.97. The summed E-state index contributed by atoms with van der Waals surface area (Å²) in [4.78, 5) is 3.81. The van der Waals surface area contributed by atoms with Gasteiger partial charge in [0, 0.05) is 12.3 Å². The van der Waals surface area contributed by atoms with E-state index in [1.165, 1.54) is 12.3 Å². The number of nitrogens with zero attached hydrogens (tertiary/aromatic N) is 1. The van der Waals surface area contributed by atoms with Crippen LogP contribution in [0.25, 0.3) is 0 Å². The molecule has 0 aliphatic rings. The molecule has 0 saturated carbocycles. The molecular formula is C12H7ClF3NO2. The molecule has 1 aromatic heterocycles. The first-order chi connectivity index (χ1) is 8.88. The number of aromatic nitrogens is 1. The number of benzene rings is 1. The first-order valence-corrected chi connectivity index (χ1v) is 5.44. The molecule has 0 atom stereocenters. The zero-order valence-corrected chi connectivity index (χ0v) is 10.0. The lowest BCUT2D eigenvalue weighted by Gasteiger charge is -2.12. The Morgan fingerprint density at radius 3 is 2.47 bits per heavy atom. The van der Waals surface area contributed by atoms with E-state index in [9.17, 15) is 18.3 Å². The molecule has 0 radical (unpaired) electrons. The molecule has 1 N–H and O–H groups in total. The third kappa shape index (κ3) is 3.08. The standard InChI is InChI=1S/C12H7ClF3NO2/c13-8-5-7(12(14,15)16)6-9(18)11(8)19-10-3-1-2-4-17-10/h1-6,18H. The van der Waals surface area contributed by atoms with Crippen molar-refractivity contribution in [1.82, 2.24) is 4.98 Å². The molecule has 0 amide bonds. The predicted octanol–water partition coefficient (Wildman–Crippen LogP) is 4.25. The highest BCUT2D eigenvalue weighted by molar-refractivity contribution is 6.32. The second-order valence-corrected chi connectivity index (χ2v) is 3.98. The topological polar surface area (TPSA) is 42.4 Å². The van der Waals surface area contributed by atoms with E-state index in [-0.39, 0.29) is 16.7 Å². The molecule has 3 nitrogen and oxygen atoms in total. The quantitative estimate of drug-likeness (QED) is 0.898. The number of phenols is 1. The third-order valence-corrected chi connectivity index (χ3v) is 2.48. The van der Waals surface area contributed by atoms with Crippen LogP contribution in [0, 0.1) is 0 Å². The van der Waals surface area contributed by atoms with Gasteiger partial charge in [0.15, 0.2) is 11.5 Å². The normalized spacial score (nSPS) is 11.4. The van der Waals surface area contributed by atoms with Gasteiger partial charge in [-0.05, 0) is 18.2 Å². The summed E-state index contributed by atoms with van der Waals surface area (Å²) in [5.74, 6) is -0.863. The maximum absolute atomic E-state index is 12.5. The maximum atomic E-state index is 12.5. The van der Waals surface area contributed by atoms with Crippen molar-refractivity contribution in [1.29, 1.82) is 0 Å². The van der Waals surface area contributed by atoms with Gasteiger partial charge < -0.3 is 9.84 Å². The molecule has 1 heterocycles. The Balaban J connectivity index is 2.38. The average Bonchev–Trinajstić information content (AvgIpc) is 2.33. The lowest BCUT2D eigenvalue weighted by atomic mass is 10.2. The summed E-state index contributed by atoms with van der Waals surface area (Å²) < 4.78 is 42.6. The van der Waals surface area contributed by atoms with Crippen molar-refractivity contribution in [2.45, 2.75) is 6.18 Å². The van der Waals surface area contributed by atoms with Crippen LogP contribution in [-0.2, 0) is 6.18 Å². The number of ether oxygens (including phenoxy) is 1. The van der Waals surface area contributed by atoms with Crippen LogP contribution in [0.1, 0.15) is 5.56 Å². The van der Waals surface area contributed by atoms with Gasteiger partial charge in [0.1, 0.15) is 0 Å². The van der Waals surface area contributed by atoms with E-state index in [4.69, 9.17) is 16.3 Å². The highest BCUT2D eigenvalue weighted by Gasteiger charge is 2.32. The Morgan fingerprint density at radius 2 is 1.95 bits per heavy atom. The third-order valence-electron chi connectivity index (χ3n) is 2.20. The smallest absolute Gasteiger partial charge is 0.416 e. The van der Waals surface area contributed by atoms with Crippen LogP contribution in [-0.4, -0.2) is 10.1 Å². The first-order valence-electron chi connectivity index (χ1n) is 5.06. The van der Waals surface area contributed by atoms with Crippen LogP contribution in [0.2, 0.25) is 5.02 Å². The number of alkyl halides is 3. The number of pyridine rings is 1. The summed E-state index contributed by atoms with van der Waals surface area (Å²) in [6.07, 6.45) is -3.16. The summed E-state index contributed by atoms with van der Waals surface area (Å²) >= 11 is 5.68. The van der Waals surface area contributed by atoms with Crippen molar-refractivity contribution < 1.29 is 23.0 Å². The van der Waals surface area contributed by atoms with Crippen molar-refractivity contribution >= 4 is 11.6 Å². The lowest BCUT2D eigenvalue weighted by molar-refractivity contribution is -0.137. The molecule has 0 saturated heterocycles.